The van der Waals surface area contributed by atoms with Crippen LogP contribution in [-0.2, 0) is 6.54 Å². The monoisotopic (exact) mass is 323 g/mol. The van der Waals surface area contributed by atoms with Gasteiger partial charge in [0, 0.05) is 29.7 Å². The van der Waals surface area contributed by atoms with E-state index in [-0.39, 0.29) is 12.2 Å². The van der Waals surface area contributed by atoms with Crippen molar-refractivity contribution in [2.75, 3.05) is 6.61 Å². The van der Waals surface area contributed by atoms with Crippen LogP contribution in [0.5, 0.6) is 0 Å². The van der Waals surface area contributed by atoms with E-state index in [4.69, 9.17) is 0 Å². The number of benzene rings is 1. The van der Waals surface area contributed by atoms with E-state index in [0.29, 0.717) is 6.54 Å². The fourth-order valence-electron chi connectivity index (χ4n) is 2.60. The second-order valence-corrected chi connectivity index (χ2v) is 5.45. The van der Waals surface area contributed by atoms with Gasteiger partial charge in [-0.3, -0.25) is 9.67 Å². The predicted molar refractivity (Wildman–Crippen MR) is 89.7 cm³/mol. The highest BCUT2D eigenvalue weighted by Crippen LogP contribution is 2.33. The summed E-state index contributed by atoms with van der Waals surface area (Å²) >= 11 is 0. The molecule has 0 saturated heterocycles. The summed E-state index contributed by atoms with van der Waals surface area (Å²) in [5, 5.41) is 23.0. The maximum atomic E-state index is 11.3. The van der Waals surface area contributed by atoms with Crippen LogP contribution >= 0.6 is 0 Å². The number of aromatic carboxylic acids is 1. The maximum Gasteiger partial charge on any atom is 0.335 e. The van der Waals surface area contributed by atoms with E-state index >= 15 is 0 Å². The van der Waals surface area contributed by atoms with E-state index in [1.54, 1.807) is 35.3 Å². The molecule has 0 atom stereocenters. The number of aryl methyl sites for hydroxylation is 1. The fourth-order valence-corrected chi connectivity index (χ4v) is 2.60. The van der Waals surface area contributed by atoms with Crippen molar-refractivity contribution >= 4 is 5.97 Å². The zero-order chi connectivity index (χ0) is 17.1. The van der Waals surface area contributed by atoms with Crippen LogP contribution in [0.1, 0.15) is 15.9 Å². The molecule has 3 rings (SSSR count). The van der Waals surface area contributed by atoms with Gasteiger partial charge >= 0.3 is 5.97 Å². The molecule has 2 aromatic heterocycles. The Bertz CT molecular complexity index is 872. The molecule has 0 aliphatic heterocycles. The van der Waals surface area contributed by atoms with Crippen LogP contribution in [0.3, 0.4) is 0 Å². The molecule has 3 aromatic rings. The summed E-state index contributed by atoms with van der Waals surface area (Å²) < 4.78 is 1.66. The number of nitrogens with zero attached hydrogens (tertiary/aromatic N) is 3. The number of carbonyl (C=O) groups is 1. The second kappa shape index (κ2) is 6.64. The minimum absolute atomic E-state index is 0.0228. The standard InChI is InChI=1S/C18H17N3O3/c1-12-2-3-14(18(23)24)10-15(12)16-11-21(8-9-22)20-17(16)13-4-6-19-7-5-13/h2-7,10-11,22H,8-9H2,1H3,(H,23,24). The van der Waals surface area contributed by atoms with Crippen LogP contribution in [0.25, 0.3) is 22.4 Å². The first kappa shape index (κ1) is 15.9. The number of carboxylic acid groups (broad SMARTS) is 1. The lowest BCUT2D eigenvalue weighted by Crippen LogP contribution is -2.02. The van der Waals surface area contributed by atoms with Gasteiger partial charge in [0.05, 0.1) is 18.7 Å². The molecule has 0 saturated carbocycles. The Hall–Kier alpha value is -2.99. The summed E-state index contributed by atoms with van der Waals surface area (Å²) in [4.78, 5) is 15.3. The molecule has 0 spiro atoms. The molecule has 24 heavy (non-hydrogen) atoms. The Morgan fingerprint density at radius 2 is 1.92 bits per heavy atom. The molecule has 1 aromatic carbocycles. The minimum Gasteiger partial charge on any atom is -0.478 e. The van der Waals surface area contributed by atoms with Crippen LogP contribution in [0.2, 0.25) is 0 Å². The fraction of sp³-hybridized carbons (Fsp3) is 0.167. The smallest absolute Gasteiger partial charge is 0.335 e. The molecule has 0 amide bonds. The lowest BCUT2D eigenvalue weighted by Gasteiger charge is -2.07. The predicted octanol–water partition coefficient (Wildman–Crippen LogP) is 2.61. The Labute approximate surface area is 139 Å². The molecule has 122 valence electrons. The molecule has 0 fully saturated rings. The van der Waals surface area contributed by atoms with Crippen molar-refractivity contribution in [1.82, 2.24) is 14.8 Å². The second-order valence-electron chi connectivity index (χ2n) is 5.45. The highest BCUT2D eigenvalue weighted by molar-refractivity contribution is 5.91. The Balaban J connectivity index is 2.20. The van der Waals surface area contributed by atoms with Gasteiger partial charge in [-0.05, 0) is 42.3 Å². The van der Waals surface area contributed by atoms with Crippen molar-refractivity contribution in [2.24, 2.45) is 0 Å². The molecule has 0 unspecified atom stereocenters. The molecular formula is C18H17N3O3. The van der Waals surface area contributed by atoms with Gasteiger partial charge in [0.1, 0.15) is 5.69 Å². The third-order valence-electron chi connectivity index (χ3n) is 3.82. The van der Waals surface area contributed by atoms with Crippen molar-refractivity contribution in [2.45, 2.75) is 13.5 Å². The van der Waals surface area contributed by atoms with Crippen LogP contribution in [0.4, 0.5) is 0 Å². The number of hydrogen-bond donors (Lipinski definition) is 2. The molecule has 6 heteroatoms. The highest BCUT2D eigenvalue weighted by atomic mass is 16.4. The zero-order valence-corrected chi connectivity index (χ0v) is 13.2. The summed E-state index contributed by atoms with van der Waals surface area (Å²) in [6.45, 7) is 2.28. The van der Waals surface area contributed by atoms with Gasteiger partial charge in [0.15, 0.2) is 0 Å². The molecule has 2 heterocycles. The van der Waals surface area contributed by atoms with E-state index in [1.165, 1.54) is 0 Å². The first-order valence-corrected chi connectivity index (χ1v) is 7.53. The first-order chi connectivity index (χ1) is 11.6. The van der Waals surface area contributed by atoms with Crippen LogP contribution < -0.4 is 0 Å². The molecule has 0 aliphatic carbocycles. The van der Waals surface area contributed by atoms with Gasteiger partial charge in [0.25, 0.3) is 0 Å². The topological polar surface area (TPSA) is 88.2 Å². The first-order valence-electron chi connectivity index (χ1n) is 7.53. The molecule has 0 bridgehead atoms. The number of aliphatic hydroxyl groups excluding tert-OH is 1. The normalized spacial score (nSPS) is 10.8. The Morgan fingerprint density at radius 1 is 1.17 bits per heavy atom. The number of carboxylic acids is 1. The lowest BCUT2D eigenvalue weighted by molar-refractivity contribution is 0.0697. The van der Waals surface area contributed by atoms with E-state index in [9.17, 15) is 15.0 Å². The highest BCUT2D eigenvalue weighted by Gasteiger charge is 2.16. The van der Waals surface area contributed by atoms with E-state index in [0.717, 1.165) is 27.9 Å². The van der Waals surface area contributed by atoms with Gasteiger partial charge in [0.2, 0.25) is 0 Å². The van der Waals surface area contributed by atoms with Gasteiger partial charge < -0.3 is 10.2 Å². The lowest BCUT2D eigenvalue weighted by atomic mass is 9.96. The number of pyridine rings is 1. The summed E-state index contributed by atoms with van der Waals surface area (Å²) in [6, 6.07) is 8.74. The van der Waals surface area contributed by atoms with E-state index < -0.39 is 5.97 Å². The average molecular weight is 323 g/mol. The van der Waals surface area contributed by atoms with Crippen molar-refractivity contribution in [3.63, 3.8) is 0 Å². The minimum atomic E-state index is -0.968. The quantitative estimate of drug-likeness (QED) is 0.753. The number of aliphatic hydroxyl groups is 1. The maximum absolute atomic E-state index is 11.3. The average Bonchev–Trinajstić information content (AvgIpc) is 3.00. The van der Waals surface area contributed by atoms with Gasteiger partial charge in [-0.1, -0.05) is 6.07 Å². The van der Waals surface area contributed by atoms with Gasteiger partial charge in [-0.15, -0.1) is 0 Å². The van der Waals surface area contributed by atoms with Crippen molar-refractivity contribution in [3.8, 4) is 22.4 Å². The van der Waals surface area contributed by atoms with Crippen LogP contribution in [-0.4, -0.2) is 37.6 Å². The third kappa shape index (κ3) is 3.04. The Morgan fingerprint density at radius 3 is 2.58 bits per heavy atom. The molecule has 2 N–H and O–H groups in total. The summed E-state index contributed by atoms with van der Waals surface area (Å²) in [5.74, 6) is -0.968. The van der Waals surface area contributed by atoms with E-state index in [1.807, 2.05) is 25.3 Å². The summed E-state index contributed by atoms with van der Waals surface area (Å²) in [6.07, 6.45) is 5.20. The third-order valence-corrected chi connectivity index (χ3v) is 3.82. The van der Waals surface area contributed by atoms with Crippen molar-refractivity contribution in [1.29, 1.82) is 0 Å². The zero-order valence-electron chi connectivity index (χ0n) is 13.2. The summed E-state index contributed by atoms with van der Waals surface area (Å²) in [5.41, 5.74) is 4.44. The summed E-state index contributed by atoms with van der Waals surface area (Å²) in [7, 11) is 0. The number of hydrogen-bond acceptors (Lipinski definition) is 4. The molecule has 6 nitrogen and oxygen atoms in total. The molecule has 0 radical (unpaired) electrons. The number of rotatable bonds is 5. The van der Waals surface area contributed by atoms with Gasteiger partial charge in [-0.2, -0.15) is 5.10 Å². The SMILES string of the molecule is Cc1ccc(C(=O)O)cc1-c1cn(CCO)nc1-c1ccncc1. The van der Waals surface area contributed by atoms with Crippen molar-refractivity contribution < 1.29 is 15.0 Å². The largest absolute Gasteiger partial charge is 0.478 e. The van der Waals surface area contributed by atoms with Crippen LogP contribution in [0.15, 0.2) is 48.9 Å². The van der Waals surface area contributed by atoms with E-state index in [2.05, 4.69) is 10.1 Å². The van der Waals surface area contributed by atoms with Gasteiger partial charge in [-0.25, -0.2) is 4.79 Å². The number of aromatic nitrogens is 3. The Kier molecular flexibility index (Phi) is 4.39. The van der Waals surface area contributed by atoms with Crippen molar-refractivity contribution in [3.05, 3.63) is 60.0 Å². The molecule has 0 aliphatic rings. The molecular weight excluding hydrogens is 306 g/mol. The van der Waals surface area contributed by atoms with Crippen LogP contribution in [0, 0.1) is 6.92 Å².